The van der Waals surface area contributed by atoms with Crippen molar-refractivity contribution in [1.82, 2.24) is 9.88 Å². The zero-order valence-corrected chi connectivity index (χ0v) is 10.0. The molecule has 4 nitrogen and oxygen atoms in total. The van der Waals surface area contributed by atoms with Crippen LogP contribution >= 0.6 is 11.6 Å². The maximum Gasteiger partial charge on any atom is 0.272 e. The van der Waals surface area contributed by atoms with Crippen LogP contribution in [0.25, 0.3) is 0 Å². The smallest absolute Gasteiger partial charge is 0.272 e. The molecule has 1 aromatic heterocycles. The largest absolute Gasteiger partial charge is 0.333 e. The lowest BCUT2D eigenvalue weighted by Crippen LogP contribution is -2.35. The minimum Gasteiger partial charge on any atom is -0.333 e. The molecule has 0 bridgehead atoms. The number of pyridine rings is 1. The molecule has 0 N–H and O–H groups in total. The van der Waals surface area contributed by atoms with E-state index < -0.39 is 0 Å². The summed E-state index contributed by atoms with van der Waals surface area (Å²) in [7, 11) is 0. The number of carbonyl (C=O) groups is 1. The molecule has 5 heteroatoms. The number of carbonyl (C=O) groups excluding carboxylic acids is 1. The zero-order valence-electron chi connectivity index (χ0n) is 9.27. The number of hydrogen-bond acceptors (Lipinski definition) is 3. The molecule has 0 atom stereocenters. The van der Waals surface area contributed by atoms with Gasteiger partial charge in [0.2, 0.25) is 0 Å². The Labute approximate surface area is 105 Å². The molecule has 17 heavy (non-hydrogen) atoms. The normalized spacial score (nSPS) is 14.1. The molecule has 0 radical (unpaired) electrons. The van der Waals surface area contributed by atoms with Crippen molar-refractivity contribution in [2.24, 2.45) is 0 Å². The average Bonchev–Trinajstić information content (AvgIpc) is 3.19. The molecule has 1 aliphatic carbocycles. The first-order chi connectivity index (χ1) is 8.26. The van der Waals surface area contributed by atoms with Gasteiger partial charge in [0.05, 0.1) is 5.56 Å². The Morgan fingerprint density at radius 2 is 2.35 bits per heavy atom. The Balaban J connectivity index is 2.14. The Kier molecular flexibility index (Phi) is 3.60. The Hall–Kier alpha value is -1.60. The van der Waals surface area contributed by atoms with Crippen molar-refractivity contribution < 1.29 is 4.79 Å². The molecule has 1 aliphatic rings. The molecule has 1 fully saturated rings. The highest BCUT2D eigenvalue weighted by atomic mass is 35.5. The van der Waals surface area contributed by atoms with Crippen LogP contribution < -0.4 is 0 Å². The molecule has 1 heterocycles. The average molecular weight is 250 g/mol. The summed E-state index contributed by atoms with van der Waals surface area (Å²) in [5.74, 6) is 0.330. The molecule has 0 aromatic carbocycles. The first-order valence-corrected chi connectivity index (χ1v) is 6.03. The van der Waals surface area contributed by atoms with Gasteiger partial charge in [-0.15, -0.1) is 11.6 Å². The molecule has 88 valence electrons. The first-order valence-electron chi connectivity index (χ1n) is 5.49. The second-order valence-corrected chi connectivity index (χ2v) is 4.34. The van der Waals surface area contributed by atoms with E-state index in [1.165, 1.54) is 6.20 Å². The van der Waals surface area contributed by atoms with Crippen molar-refractivity contribution in [3.05, 3.63) is 29.6 Å². The van der Waals surface area contributed by atoms with Crippen LogP contribution in [0.3, 0.4) is 0 Å². The highest BCUT2D eigenvalue weighted by molar-refractivity contribution is 6.18. The van der Waals surface area contributed by atoms with Crippen molar-refractivity contribution in [2.45, 2.75) is 18.9 Å². The third kappa shape index (κ3) is 2.75. The number of amides is 1. The molecule has 1 aromatic rings. The SMILES string of the molecule is N#Cc1ccc(C(=O)N(CCCl)C2CC2)nc1. The van der Waals surface area contributed by atoms with E-state index in [0.717, 1.165) is 12.8 Å². The van der Waals surface area contributed by atoms with Gasteiger partial charge in [-0.25, -0.2) is 4.98 Å². The molecule has 2 rings (SSSR count). The van der Waals surface area contributed by atoms with Crippen molar-refractivity contribution >= 4 is 17.5 Å². The summed E-state index contributed by atoms with van der Waals surface area (Å²) in [4.78, 5) is 17.9. The molecule has 0 saturated heterocycles. The summed E-state index contributed by atoms with van der Waals surface area (Å²) in [5.41, 5.74) is 0.831. The third-order valence-corrected chi connectivity index (χ3v) is 2.85. The number of nitriles is 1. The van der Waals surface area contributed by atoms with Gasteiger partial charge < -0.3 is 4.90 Å². The van der Waals surface area contributed by atoms with Crippen LogP contribution in [0.1, 0.15) is 28.9 Å². The van der Waals surface area contributed by atoms with Gasteiger partial charge in [0.1, 0.15) is 11.8 Å². The maximum atomic E-state index is 12.1. The minimum absolute atomic E-state index is 0.0994. The minimum atomic E-state index is -0.0994. The van der Waals surface area contributed by atoms with Crippen LogP contribution in [0, 0.1) is 11.3 Å². The van der Waals surface area contributed by atoms with Gasteiger partial charge in [-0.2, -0.15) is 5.26 Å². The molecule has 0 unspecified atom stereocenters. The molecule has 1 amide bonds. The number of halogens is 1. The standard InChI is InChI=1S/C12H12ClN3O/c13-5-6-16(10-2-3-10)12(17)11-4-1-9(7-14)8-15-11/h1,4,8,10H,2-3,5-6H2. The van der Waals surface area contributed by atoms with Crippen molar-refractivity contribution in [3.63, 3.8) is 0 Å². The van der Waals surface area contributed by atoms with Gasteiger partial charge >= 0.3 is 0 Å². The summed E-state index contributed by atoms with van der Waals surface area (Å²) in [6.45, 7) is 0.548. The summed E-state index contributed by atoms with van der Waals surface area (Å²) < 4.78 is 0. The zero-order chi connectivity index (χ0) is 12.3. The number of aromatic nitrogens is 1. The summed E-state index contributed by atoms with van der Waals surface area (Å²) in [6.07, 6.45) is 3.50. The monoisotopic (exact) mass is 249 g/mol. The maximum absolute atomic E-state index is 12.1. The van der Waals surface area contributed by atoms with Crippen LogP contribution in [-0.4, -0.2) is 34.3 Å². The summed E-state index contributed by atoms with van der Waals surface area (Å²) >= 11 is 5.69. The van der Waals surface area contributed by atoms with E-state index in [1.807, 2.05) is 6.07 Å². The van der Waals surface area contributed by atoms with E-state index in [-0.39, 0.29) is 5.91 Å². The van der Waals surface area contributed by atoms with Gasteiger partial charge in [-0.1, -0.05) is 0 Å². The number of rotatable bonds is 4. The molecular formula is C12H12ClN3O. The molecule has 1 saturated carbocycles. The molecule has 0 aliphatic heterocycles. The fourth-order valence-electron chi connectivity index (χ4n) is 1.66. The topological polar surface area (TPSA) is 57.0 Å². The lowest BCUT2D eigenvalue weighted by atomic mass is 10.2. The number of alkyl halides is 1. The second kappa shape index (κ2) is 5.15. The highest BCUT2D eigenvalue weighted by Crippen LogP contribution is 2.27. The summed E-state index contributed by atoms with van der Waals surface area (Å²) in [5, 5.41) is 8.66. The lowest BCUT2D eigenvalue weighted by Gasteiger charge is -2.20. The van der Waals surface area contributed by atoms with E-state index in [4.69, 9.17) is 16.9 Å². The van der Waals surface area contributed by atoms with Crippen LogP contribution in [0.2, 0.25) is 0 Å². The van der Waals surface area contributed by atoms with E-state index in [0.29, 0.717) is 29.7 Å². The van der Waals surface area contributed by atoms with E-state index in [2.05, 4.69) is 4.98 Å². The highest BCUT2D eigenvalue weighted by Gasteiger charge is 2.32. The lowest BCUT2D eigenvalue weighted by molar-refractivity contribution is 0.0748. The number of hydrogen-bond donors (Lipinski definition) is 0. The van der Waals surface area contributed by atoms with Gasteiger partial charge in [0.15, 0.2) is 0 Å². The predicted octanol–water partition coefficient (Wildman–Crippen LogP) is 1.80. The van der Waals surface area contributed by atoms with E-state index in [9.17, 15) is 4.79 Å². The fourth-order valence-corrected chi connectivity index (χ4v) is 1.84. The molecular weight excluding hydrogens is 238 g/mol. The van der Waals surface area contributed by atoms with Gasteiger partial charge in [-0.3, -0.25) is 4.79 Å². The number of nitrogens with zero attached hydrogens (tertiary/aromatic N) is 3. The fraction of sp³-hybridized carbons (Fsp3) is 0.417. The van der Waals surface area contributed by atoms with Gasteiger partial charge in [0.25, 0.3) is 5.91 Å². The molecule has 0 spiro atoms. The van der Waals surface area contributed by atoms with Crippen LogP contribution in [0.4, 0.5) is 0 Å². The quantitative estimate of drug-likeness (QED) is 0.765. The Morgan fingerprint density at radius 3 is 2.82 bits per heavy atom. The van der Waals surface area contributed by atoms with E-state index >= 15 is 0 Å². The Morgan fingerprint density at radius 1 is 1.59 bits per heavy atom. The van der Waals surface area contributed by atoms with Crippen molar-refractivity contribution in [2.75, 3.05) is 12.4 Å². The third-order valence-electron chi connectivity index (χ3n) is 2.69. The first kappa shape index (κ1) is 11.9. The summed E-state index contributed by atoms with van der Waals surface area (Å²) in [6, 6.07) is 5.48. The van der Waals surface area contributed by atoms with Crippen LogP contribution in [0.5, 0.6) is 0 Å². The van der Waals surface area contributed by atoms with Crippen LogP contribution in [0.15, 0.2) is 18.3 Å². The predicted molar refractivity (Wildman–Crippen MR) is 63.7 cm³/mol. The van der Waals surface area contributed by atoms with E-state index in [1.54, 1.807) is 17.0 Å². The second-order valence-electron chi connectivity index (χ2n) is 3.96. The van der Waals surface area contributed by atoms with Crippen molar-refractivity contribution in [1.29, 1.82) is 5.26 Å². The van der Waals surface area contributed by atoms with Gasteiger partial charge in [-0.05, 0) is 25.0 Å². The van der Waals surface area contributed by atoms with Gasteiger partial charge in [0, 0.05) is 24.7 Å². The van der Waals surface area contributed by atoms with Crippen LogP contribution in [-0.2, 0) is 0 Å². The van der Waals surface area contributed by atoms with Crippen molar-refractivity contribution in [3.8, 4) is 6.07 Å². The Bertz CT molecular complexity index is 448.